The zero-order chi connectivity index (χ0) is 40.7. The molecule has 1 aliphatic carbocycles. The van der Waals surface area contributed by atoms with Crippen molar-refractivity contribution in [3.8, 4) is 50.6 Å². The zero-order valence-electron chi connectivity index (χ0n) is 32.5. The van der Waals surface area contributed by atoms with E-state index in [0.29, 0.717) is 27.8 Å². The Labute approximate surface area is 345 Å². The lowest BCUT2D eigenvalue weighted by atomic mass is 9.89. The van der Waals surface area contributed by atoms with Crippen LogP contribution in [-0.2, 0) is 0 Å². The van der Waals surface area contributed by atoms with Gasteiger partial charge >= 0.3 is 5.97 Å². The molecule has 0 bridgehead atoms. The number of aromatic nitrogens is 4. The number of anilines is 1. The fourth-order valence-electron chi connectivity index (χ4n) is 8.73. The number of aromatic carboxylic acids is 1. The third kappa shape index (κ3) is 6.69. The second kappa shape index (κ2) is 15.3. The molecule has 0 atom stereocenters. The van der Waals surface area contributed by atoms with Crippen LogP contribution >= 0.6 is 0 Å². The number of carbonyl (C=O) groups is 2. The maximum absolute atomic E-state index is 14.4. The van der Waals surface area contributed by atoms with Gasteiger partial charge in [-0.1, -0.05) is 98.1 Å². The summed E-state index contributed by atoms with van der Waals surface area (Å²) in [5, 5.41) is 26.8. The Kier molecular flexibility index (Phi) is 9.33. The molecule has 0 radical (unpaired) electrons. The Morgan fingerprint density at radius 3 is 2.12 bits per heavy atom. The van der Waals surface area contributed by atoms with Gasteiger partial charge in [-0.25, -0.2) is 14.8 Å². The van der Waals surface area contributed by atoms with Crippen molar-refractivity contribution in [2.24, 2.45) is 0 Å². The second-order valence-corrected chi connectivity index (χ2v) is 15.4. The number of nitrogens with zero attached hydrogens (tertiary/aromatic N) is 4. The molecule has 9 nitrogen and oxygen atoms in total. The number of imidazole rings is 1. The number of pyridine rings is 2. The van der Waals surface area contributed by atoms with Crippen LogP contribution in [0.15, 0.2) is 152 Å². The maximum atomic E-state index is 14.4. The van der Waals surface area contributed by atoms with Crippen LogP contribution in [0.5, 0.6) is 5.75 Å². The van der Waals surface area contributed by atoms with E-state index in [4.69, 9.17) is 9.97 Å². The van der Waals surface area contributed by atoms with Gasteiger partial charge in [0.15, 0.2) is 0 Å². The molecule has 6 aromatic carbocycles. The highest BCUT2D eigenvalue weighted by atomic mass is 16.4. The van der Waals surface area contributed by atoms with Crippen LogP contribution in [-0.4, -0.2) is 41.6 Å². The lowest BCUT2D eigenvalue weighted by Crippen LogP contribution is -2.15. The number of fused-ring (bicyclic) bond motifs is 3. The normalized spacial score (nSPS) is 13.2. The standard InChI is InChI=1S/C51H39N5O4/c57-48-39(51(59)60)30-44(46(32-13-6-2-7-14-32)47(48)35-19-22-40-33(27-35)15-10-26-52-40)55-50(58)37-21-25-45-43(29-37)54-49(56(45)38-16-8-3-9-17-38)36-20-24-42-34(28-36)18-23-41(53-42)31-11-4-1-5-12-31/h1-2,4-7,10-15,18-30,38,57H,3,8-9,16-17H2,(H,55,58)(H,59,60). The number of phenols is 1. The molecule has 60 heavy (non-hydrogen) atoms. The first-order chi connectivity index (χ1) is 29.4. The van der Waals surface area contributed by atoms with Gasteiger partial charge in [-0.3, -0.25) is 9.78 Å². The van der Waals surface area contributed by atoms with E-state index >= 15 is 0 Å². The molecular weight excluding hydrogens is 747 g/mol. The summed E-state index contributed by atoms with van der Waals surface area (Å²) >= 11 is 0. The predicted molar refractivity (Wildman–Crippen MR) is 237 cm³/mol. The van der Waals surface area contributed by atoms with E-state index in [0.717, 1.165) is 75.7 Å². The molecule has 1 saturated carbocycles. The molecule has 1 amide bonds. The van der Waals surface area contributed by atoms with Crippen molar-refractivity contribution in [3.05, 3.63) is 163 Å². The van der Waals surface area contributed by atoms with E-state index in [1.807, 2.05) is 78.9 Å². The van der Waals surface area contributed by atoms with Crippen LogP contribution in [0, 0.1) is 0 Å². The molecule has 0 aliphatic heterocycles. The third-order valence-electron chi connectivity index (χ3n) is 11.6. The first kappa shape index (κ1) is 36.7. The van der Waals surface area contributed by atoms with Crippen molar-refractivity contribution in [2.45, 2.75) is 38.1 Å². The summed E-state index contributed by atoms with van der Waals surface area (Å²) in [6.07, 6.45) is 7.28. The van der Waals surface area contributed by atoms with Crippen LogP contribution in [0.1, 0.15) is 58.9 Å². The van der Waals surface area contributed by atoms with E-state index in [1.165, 1.54) is 12.5 Å². The minimum Gasteiger partial charge on any atom is -0.506 e. The van der Waals surface area contributed by atoms with Crippen molar-refractivity contribution in [2.75, 3.05) is 5.32 Å². The summed E-state index contributed by atoms with van der Waals surface area (Å²) in [4.78, 5) is 41.7. The molecule has 0 spiro atoms. The molecule has 9 heteroatoms. The number of amides is 1. The number of carboxylic acid groups (broad SMARTS) is 1. The summed E-state index contributed by atoms with van der Waals surface area (Å²) in [7, 11) is 0. The van der Waals surface area contributed by atoms with Gasteiger partial charge in [0.25, 0.3) is 5.91 Å². The van der Waals surface area contributed by atoms with E-state index < -0.39 is 17.6 Å². The zero-order valence-corrected chi connectivity index (χ0v) is 32.5. The van der Waals surface area contributed by atoms with E-state index in [-0.39, 0.29) is 22.9 Å². The van der Waals surface area contributed by atoms with Crippen molar-refractivity contribution in [1.29, 1.82) is 0 Å². The second-order valence-electron chi connectivity index (χ2n) is 15.4. The van der Waals surface area contributed by atoms with Crippen molar-refractivity contribution < 1.29 is 19.8 Å². The predicted octanol–water partition coefficient (Wildman–Crippen LogP) is 12.0. The molecule has 1 fully saturated rings. The third-order valence-corrected chi connectivity index (χ3v) is 11.6. The number of hydrogen-bond donors (Lipinski definition) is 3. The SMILES string of the molecule is O=C(Nc1cc(C(=O)O)c(O)c(-c2ccc3ncccc3c2)c1-c1ccccc1)c1ccc2c(c1)nc(-c1ccc3nc(-c4ccccc4)ccc3c1)n2C1CCCCC1. The molecule has 292 valence electrons. The first-order valence-electron chi connectivity index (χ1n) is 20.2. The summed E-state index contributed by atoms with van der Waals surface area (Å²) < 4.78 is 2.35. The van der Waals surface area contributed by atoms with Gasteiger partial charge in [0.05, 0.1) is 33.4 Å². The highest BCUT2D eigenvalue weighted by Crippen LogP contribution is 2.46. The number of carboxylic acids is 1. The van der Waals surface area contributed by atoms with Crippen LogP contribution in [0.2, 0.25) is 0 Å². The van der Waals surface area contributed by atoms with Gasteiger partial charge < -0.3 is 20.1 Å². The van der Waals surface area contributed by atoms with E-state index in [2.05, 4.69) is 57.3 Å². The van der Waals surface area contributed by atoms with E-state index in [1.54, 1.807) is 24.4 Å². The molecule has 3 heterocycles. The monoisotopic (exact) mass is 785 g/mol. The van der Waals surface area contributed by atoms with Gasteiger partial charge in [-0.2, -0.15) is 0 Å². The summed E-state index contributed by atoms with van der Waals surface area (Å²) in [6.45, 7) is 0. The number of benzene rings is 6. The molecular formula is C51H39N5O4. The molecule has 0 unspecified atom stereocenters. The topological polar surface area (TPSA) is 130 Å². The number of aromatic hydroxyl groups is 1. The Morgan fingerprint density at radius 1 is 0.617 bits per heavy atom. The van der Waals surface area contributed by atoms with Gasteiger partial charge in [0, 0.05) is 50.8 Å². The average Bonchev–Trinajstić information content (AvgIpc) is 3.68. The molecule has 3 N–H and O–H groups in total. The van der Waals surface area contributed by atoms with Crippen LogP contribution in [0.4, 0.5) is 5.69 Å². The molecule has 0 saturated heterocycles. The molecule has 9 aromatic rings. The Bertz CT molecular complexity index is 3120. The quantitative estimate of drug-likeness (QED) is 0.131. The smallest absolute Gasteiger partial charge is 0.339 e. The lowest BCUT2D eigenvalue weighted by molar-refractivity contribution is 0.0693. The van der Waals surface area contributed by atoms with Crippen molar-refractivity contribution in [1.82, 2.24) is 19.5 Å². The van der Waals surface area contributed by atoms with Crippen LogP contribution < -0.4 is 5.32 Å². The number of rotatable bonds is 8. The lowest BCUT2D eigenvalue weighted by Gasteiger charge is -2.25. The molecule has 3 aromatic heterocycles. The summed E-state index contributed by atoms with van der Waals surface area (Å²) in [5.41, 5.74) is 8.56. The fraction of sp³-hybridized carbons (Fsp3) is 0.118. The van der Waals surface area contributed by atoms with Gasteiger partial charge in [-0.05, 0) is 90.7 Å². The van der Waals surface area contributed by atoms with Crippen molar-refractivity contribution >= 4 is 50.4 Å². The Morgan fingerprint density at radius 2 is 1.33 bits per heavy atom. The van der Waals surface area contributed by atoms with Crippen LogP contribution in [0.3, 0.4) is 0 Å². The maximum Gasteiger partial charge on any atom is 0.339 e. The fourth-order valence-corrected chi connectivity index (χ4v) is 8.73. The summed E-state index contributed by atoms with van der Waals surface area (Å²) in [6, 6.07) is 46.3. The highest BCUT2D eigenvalue weighted by molar-refractivity contribution is 6.12. The van der Waals surface area contributed by atoms with Crippen LogP contribution in [0.25, 0.3) is 77.7 Å². The number of carbonyl (C=O) groups excluding carboxylic acids is 1. The molecule has 1 aliphatic rings. The largest absolute Gasteiger partial charge is 0.506 e. The Balaban J connectivity index is 1.07. The first-order valence-corrected chi connectivity index (χ1v) is 20.2. The van der Waals surface area contributed by atoms with E-state index in [9.17, 15) is 19.8 Å². The molecule has 10 rings (SSSR count). The Hall–Kier alpha value is -7.65. The minimum absolute atomic E-state index is 0.247. The number of nitrogens with one attached hydrogen (secondary N) is 1. The summed E-state index contributed by atoms with van der Waals surface area (Å²) in [5.74, 6) is -1.32. The number of hydrogen-bond acceptors (Lipinski definition) is 6. The van der Waals surface area contributed by atoms with Gasteiger partial charge in [0.2, 0.25) is 0 Å². The average molecular weight is 786 g/mol. The van der Waals surface area contributed by atoms with Crippen molar-refractivity contribution in [3.63, 3.8) is 0 Å². The van der Waals surface area contributed by atoms with Gasteiger partial charge in [-0.15, -0.1) is 0 Å². The highest BCUT2D eigenvalue weighted by Gasteiger charge is 2.27. The van der Waals surface area contributed by atoms with Gasteiger partial charge in [0.1, 0.15) is 17.1 Å². The minimum atomic E-state index is -1.32.